The summed E-state index contributed by atoms with van der Waals surface area (Å²) < 4.78 is 27.4. The number of rotatable bonds is 6. The van der Waals surface area contributed by atoms with Crippen LogP contribution in [0.4, 0.5) is 0 Å². The molecule has 0 atom stereocenters. The fourth-order valence-electron chi connectivity index (χ4n) is 3.25. The summed E-state index contributed by atoms with van der Waals surface area (Å²) in [6, 6.07) is 7.14. The lowest BCUT2D eigenvalue weighted by molar-refractivity contribution is 0.346. The van der Waals surface area contributed by atoms with Gasteiger partial charge in [0.2, 0.25) is 10.0 Å². The predicted octanol–water partition coefficient (Wildman–Crippen LogP) is 3.42. The van der Waals surface area contributed by atoms with Gasteiger partial charge < -0.3 is 10.6 Å². The van der Waals surface area contributed by atoms with E-state index in [9.17, 15) is 8.42 Å². The van der Waals surface area contributed by atoms with E-state index in [1.54, 1.807) is 40.9 Å². The predicted molar refractivity (Wildman–Crippen MR) is 133 cm³/mol. The Hall–Kier alpha value is -1.24. The Morgan fingerprint density at radius 3 is 2.50 bits per heavy atom. The quantitative estimate of drug-likeness (QED) is 0.320. The third kappa shape index (κ3) is 6.38. The second-order valence-electron chi connectivity index (χ2n) is 7.14. The van der Waals surface area contributed by atoms with Crippen molar-refractivity contribution in [2.24, 2.45) is 4.99 Å². The Labute approximate surface area is 200 Å². The van der Waals surface area contributed by atoms with Crippen LogP contribution >= 0.6 is 35.3 Å². The molecule has 0 bridgehead atoms. The van der Waals surface area contributed by atoms with Crippen molar-refractivity contribution in [2.75, 3.05) is 20.1 Å². The summed E-state index contributed by atoms with van der Waals surface area (Å²) in [6.07, 6.45) is 2.96. The first kappa shape index (κ1) is 25.0. The smallest absolute Gasteiger partial charge is 0.243 e. The Morgan fingerprint density at radius 1 is 1.17 bits per heavy atom. The van der Waals surface area contributed by atoms with Crippen molar-refractivity contribution in [1.29, 1.82) is 0 Å². The summed E-state index contributed by atoms with van der Waals surface area (Å²) >= 11 is 1.67. The van der Waals surface area contributed by atoms with E-state index in [1.807, 2.05) is 13.0 Å². The lowest BCUT2D eigenvalue weighted by atomic mass is 10.2. The molecule has 1 fully saturated rings. The molecule has 0 saturated carbocycles. The van der Waals surface area contributed by atoms with Crippen LogP contribution in [0.2, 0.25) is 0 Å². The third-order valence-electron chi connectivity index (χ3n) is 5.01. The molecule has 1 aliphatic heterocycles. The van der Waals surface area contributed by atoms with Gasteiger partial charge in [-0.1, -0.05) is 18.6 Å². The number of thiazole rings is 1. The third-order valence-corrected chi connectivity index (χ3v) is 7.98. The monoisotopic (exact) mass is 563 g/mol. The number of halogens is 1. The second kappa shape index (κ2) is 11.4. The molecule has 30 heavy (non-hydrogen) atoms. The van der Waals surface area contributed by atoms with Crippen LogP contribution in [0.25, 0.3) is 0 Å². The van der Waals surface area contributed by atoms with E-state index in [0.717, 1.165) is 35.5 Å². The fraction of sp³-hybridized carbons (Fsp3) is 0.500. The molecular formula is C20H30IN5O2S2. The van der Waals surface area contributed by atoms with Crippen molar-refractivity contribution in [3.05, 3.63) is 45.4 Å². The van der Waals surface area contributed by atoms with Gasteiger partial charge in [-0.15, -0.1) is 35.3 Å². The summed E-state index contributed by atoms with van der Waals surface area (Å²) in [7, 11) is -1.71. The van der Waals surface area contributed by atoms with E-state index >= 15 is 0 Å². The first-order valence-electron chi connectivity index (χ1n) is 9.86. The number of guanidine groups is 1. The SMILES string of the molecule is CN=C(NCc1cccc(S(=O)(=O)N2CCCCC2)c1)NCc1nc(C)c(C)s1.I. The van der Waals surface area contributed by atoms with Crippen molar-refractivity contribution in [2.45, 2.75) is 51.1 Å². The highest BCUT2D eigenvalue weighted by Gasteiger charge is 2.25. The van der Waals surface area contributed by atoms with Crippen LogP contribution in [0.3, 0.4) is 0 Å². The molecule has 2 heterocycles. The van der Waals surface area contributed by atoms with Gasteiger partial charge in [0.15, 0.2) is 5.96 Å². The molecule has 1 saturated heterocycles. The van der Waals surface area contributed by atoms with Gasteiger partial charge >= 0.3 is 0 Å². The van der Waals surface area contributed by atoms with Crippen LogP contribution in [-0.4, -0.2) is 43.8 Å². The average molecular weight is 564 g/mol. The maximum absolute atomic E-state index is 12.9. The molecule has 0 spiro atoms. The highest BCUT2D eigenvalue weighted by Crippen LogP contribution is 2.21. The van der Waals surface area contributed by atoms with Gasteiger partial charge in [-0.25, -0.2) is 13.4 Å². The molecule has 1 aromatic heterocycles. The number of aliphatic imine (C=N–C) groups is 1. The molecule has 0 radical (unpaired) electrons. The van der Waals surface area contributed by atoms with E-state index in [2.05, 4.69) is 27.5 Å². The van der Waals surface area contributed by atoms with E-state index < -0.39 is 10.0 Å². The summed E-state index contributed by atoms with van der Waals surface area (Å²) in [4.78, 5) is 10.3. The molecule has 0 amide bonds. The molecule has 2 N–H and O–H groups in total. The summed E-state index contributed by atoms with van der Waals surface area (Å²) in [5, 5.41) is 7.51. The minimum Gasteiger partial charge on any atom is -0.352 e. The van der Waals surface area contributed by atoms with Crippen molar-refractivity contribution < 1.29 is 8.42 Å². The molecular weight excluding hydrogens is 533 g/mol. The molecule has 0 aliphatic carbocycles. The highest BCUT2D eigenvalue weighted by atomic mass is 127. The van der Waals surface area contributed by atoms with Crippen molar-refractivity contribution in [1.82, 2.24) is 19.9 Å². The number of hydrogen-bond donors (Lipinski definition) is 2. The Morgan fingerprint density at radius 2 is 1.87 bits per heavy atom. The normalized spacial score (nSPS) is 15.5. The zero-order chi connectivity index (χ0) is 20.9. The lowest BCUT2D eigenvalue weighted by Gasteiger charge is -2.26. The van der Waals surface area contributed by atoms with Gasteiger partial charge in [-0.2, -0.15) is 4.31 Å². The molecule has 1 aliphatic rings. The van der Waals surface area contributed by atoms with E-state index in [1.165, 1.54) is 4.88 Å². The van der Waals surface area contributed by atoms with Crippen LogP contribution < -0.4 is 10.6 Å². The Bertz CT molecular complexity index is 950. The molecule has 3 rings (SSSR count). The summed E-state index contributed by atoms with van der Waals surface area (Å²) in [6.45, 7) is 6.37. The first-order valence-corrected chi connectivity index (χ1v) is 12.1. The average Bonchev–Trinajstić information content (AvgIpc) is 3.06. The molecule has 10 heteroatoms. The standard InChI is InChI=1S/C20H29N5O2S2.HI/c1-15-16(2)28-19(24-15)14-23-20(21-3)22-13-17-8-7-9-18(12-17)29(26,27)25-10-5-4-6-11-25;/h7-9,12H,4-6,10-11,13-14H2,1-3H3,(H2,21,22,23);1H. The van der Waals surface area contributed by atoms with E-state index in [4.69, 9.17) is 0 Å². The zero-order valence-electron chi connectivity index (χ0n) is 17.6. The van der Waals surface area contributed by atoms with Crippen molar-refractivity contribution in [3.63, 3.8) is 0 Å². The summed E-state index contributed by atoms with van der Waals surface area (Å²) in [5.74, 6) is 0.653. The van der Waals surface area contributed by atoms with Gasteiger partial charge in [-0.05, 0) is 44.4 Å². The number of hydrogen-bond acceptors (Lipinski definition) is 5. The lowest BCUT2D eigenvalue weighted by Crippen LogP contribution is -2.36. The van der Waals surface area contributed by atoms with Gasteiger partial charge in [0.05, 0.1) is 17.1 Å². The first-order chi connectivity index (χ1) is 13.9. The molecule has 1 aromatic carbocycles. The van der Waals surface area contributed by atoms with Crippen molar-refractivity contribution >= 4 is 51.3 Å². The van der Waals surface area contributed by atoms with Crippen LogP contribution in [0, 0.1) is 13.8 Å². The number of piperidine rings is 1. The minimum atomic E-state index is -3.42. The minimum absolute atomic E-state index is 0. The number of sulfonamides is 1. The maximum Gasteiger partial charge on any atom is 0.243 e. The van der Waals surface area contributed by atoms with Crippen molar-refractivity contribution in [3.8, 4) is 0 Å². The largest absolute Gasteiger partial charge is 0.352 e. The number of benzene rings is 1. The number of aryl methyl sites for hydroxylation is 2. The second-order valence-corrected chi connectivity index (χ2v) is 10.4. The Kier molecular flexibility index (Phi) is 9.51. The highest BCUT2D eigenvalue weighted by molar-refractivity contribution is 14.0. The van der Waals surface area contributed by atoms with Crippen LogP contribution in [0.1, 0.15) is 40.4 Å². The zero-order valence-corrected chi connectivity index (χ0v) is 21.6. The van der Waals surface area contributed by atoms with Crippen LogP contribution in [-0.2, 0) is 23.1 Å². The maximum atomic E-state index is 12.9. The van der Waals surface area contributed by atoms with Crippen LogP contribution in [0.5, 0.6) is 0 Å². The number of aromatic nitrogens is 1. The fourth-order valence-corrected chi connectivity index (χ4v) is 5.71. The number of nitrogens with zero attached hydrogens (tertiary/aromatic N) is 3. The van der Waals surface area contributed by atoms with Gasteiger partial charge in [-0.3, -0.25) is 4.99 Å². The van der Waals surface area contributed by atoms with E-state index in [0.29, 0.717) is 37.0 Å². The Balaban J connectivity index is 0.00000320. The van der Waals surface area contributed by atoms with Gasteiger partial charge in [0.25, 0.3) is 0 Å². The summed E-state index contributed by atoms with van der Waals surface area (Å²) in [5.41, 5.74) is 1.95. The topological polar surface area (TPSA) is 86.7 Å². The van der Waals surface area contributed by atoms with E-state index in [-0.39, 0.29) is 24.0 Å². The van der Waals surface area contributed by atoms with Gasteiger partial charge in [0, 0.05) is 31.6 Å². The molecule has 2 aromatic rings. The molecule has 7 nitrogen and oxygen atoms in total. The number of nitrogens with one attached hydrogen (secondary N) is 2. The van der Waals surface area contributed by atoms with Crippen LogP contribution in [0.15, 0.2) is 34.2 Å². The van der Waals surface area contributed by atoms with Gasteiger partial charge in [0.1, 0.15) is 5.01 Å². The molecule has 166 valence electrons. The molecule has 0 unspecified atom stereocenters.